The summed E-state index contributed by atoms with van der Waals surface area (Å²) >= 11 is 0. The second-order valence-electron chi connectivity index (χ2n) is 3.53. The largest absolute Gasteiger partial charge is 0.490 e. The molecule has 0 N–H and O–H groups in total. The summed E-state index contributed by atoms with van der Waals surface area (Å²) in [6, 6.07) is 0. The fourth-order valence-electron chi connectivity index (χ4n) is 1.09. The van der Waals surface area contributed by atoms with Crippen LogP contribution < -0.4 is 0 Å². The van der Waals surface area contributed by atoms with Crippen LogP contribution in [0.1, 0.15) is 26.7 Å². The predicted octanol–water partition coefficient (Wildman–Crippen LogP) is 2.46. The van der Waals surface area contributed by atoms with E-state index in [0.29, 0.717) is 18.3 Å². The summed E-state index contributed by atoms with van der Waals surface area (Å²) < 4.78 is 5.23. The van der Waals surface area contributed by atoms with Gasteiger partial charge in [-0.15, -0.1) is 0 Å². The summed E-state index contributed by atoms with van der Waals surface area (Å²) in [4.78, 5) is 11.4. The Hall–Kier alpha value is -1.05. The molecule has 0 radical (unpaired) electrons. The lowest BCUT2D eigenvalue weighted by Crippen LogP contribution is -2.08. The fourth-order valence-corrected chi connectivity index (χ4v) is 1.09. The summed E-state index contributed by atoms with van der Waals surface area (Å²) in [6.45, 7) is 4.76. The van der Waals surface area contributed by atoms with Crippen molar-refractivity contribution in [3.63, 3.8) is 0 Å². The highest BCUT2D eigenvalue weighted by Gasteiger charge is 2.10. The lowest BCUT2D eigenvalue weighted by atomic mass is 10.1. The Morgan fingerprint density at radius 3 is 2.92 bits per heavy atom. The Balaban J connectivity index is 2.51. The van der Waals surface area contributed by atoms with Gasteiger partial charge >= 0.3 is 0 Å². The van der Waals surface area contributed by atoms with E-state index in [4.69, 9.17) is 4.74 Å². The Morgan fingerprint density at radius 1 is 1.62 bits per heavy atom. The van der Waals surface area contributed by atoms with E-state index >= 15 is 0 Å². The normalized spacial score (nSPS) is 17.3. The van der Waals surface area contributed by atoms with Gasteiger partial charge in [-0.25, -0.2) is 0 Å². The zero-order valence-electron chi connectivity index (χ0n) is 8.25. The van der Waals surface area contributed by atoms with Crippen molar-refractivity contribution >= 4 is 5.78 Å². The smallest absolute Gasteiger partial charge is 0.219 e. The maximum atomic E-state index is 11.4. The minimum atomic E-state index is -0.00611. The van der Waals surface area contributed by atoms with Crippen LogP contribution >= 0.6 is 0 Å². The van der Waals surface area contributed by atoms with Crippen molar-refractivity contribution in [2.45, 2.75) is 26.7 Å². The van der Waals surface area contributed by atoms with Gasteiger partial charge in [0.05, 0.1) is 6.61 Å². The Kier molecular flexibility index (Phi) is 3.74. The minimum absolute atomic E-state index is 0.00611. The lowest BCUT2D eigenvalue weighted by Gasteiger charge is -2.11. The number of carbonyl (C=O) groups is 1. The van der Waals surface area contributed by atoms with Crippen LogP contribution in [0.5, 0.6) is 0 Å². The molecule has 0 aromatic heterocycles. The van der Waals surface area contributed by atoms with Crippen LogP contribution in [-0.2, 0) is 9.53 Å². The van der Waals surface area contributed by atoms with Gasteiger partial charge in [0, 0.05) is 0 Å². The first kappa shape index (κ1) is 10.0. The first-order valence-electron chi connectivity index (χ1n) is 4.75. The van der Waals surface area contributed by atoms with Crippen LogP contribution in [-0.4, -0.2) is 12.4 Å². The highest BCUT2D eigenvalue weighted by Crippen LogP contribution is 2.11. The molecule has 2 heteroatoms. The van der Waals surface area contributed by atoms with Crippen molar-refractivity contribution < 1.29 is 9.53 Å². The molecule has 1 aliphatic heterocycles. The number of allylic oxidation sites excluding steroid dienone is 3. The molecular formula is C11H16O2. The Morgan fingerprint density at radius 2 is 2.38 bits per heavy atom. The second kappa shape index (κ2) is 4.85. The van der Waals surface area contributed by atoms with Crippen molar-refractivity contribution in [3.8, 4) is 0 Å². The summed E-state index contributed by atoms with van der Waals surface area (Å²) in [5, 5.41) is 0. The van der Waals surface area contributed by atoms with Crippen molar-refractivity contribution in [1.82, 2.24) is 0 Å². The molecule has 0 aromatic rings. The summed E-state index contributed by atoms with van der Waals surface area (Å²) in [7, 11) is 0. The molecule has 0 bridgehead atoms. The molecule has 0 atom stereocenters. The standard InChI is InChI=1S/C11H16O2/c1-9(2)6-7-10(12)11-5-3-4-8-13-11/h5-7,9H,3-4,8H2,1-2H3. The van der Waals surface area contributed by atoms with Crippen LogP contribution in [0.2, 0.25) is 0 Å². The third-order valence-corrected chi connectivity index (χ3v) is 1.81. The van der Waals surface area contributed by atoms with Crippen molar-refractivity contribution in [1.29, 1.82) is 0 Å². The number of ketones is 1. The first-order chi connectivity index (χ1) is 6.20. The zero-order valence-corrected chi connectivity index (χ0v) is 8.25. The minimum Gasteiger partial charge on any atom is -0.490 e. The van der Waals surface area contributed by atoms with Crippen molar-refractivity contribution in [3.05, 3.63) is 24.0 Å². The number of hydrogen-bond donors (Lipinski definition) is 0. The van der Waals surface area contributed by atoms with Crippen molar-refractivity contribution in [2.75, 3.05) is 6.61 Å². The van der Waals surface area contributed by atoms with E-state index in [-0.39, 0.29) is 5.78 Å². The second-order valence-corrected chi connectivity index (χ2v) is 3.53. The van der Waals surface area contributed by atoms with Crippen molar-refractivity contribution in [2.24, 2.45) is 5.92 Å². The van der Waals surface area contributed by atoms with Gasteiger partial charge in [0.2, 0.25) is 5.78 Å². The van der Waals surface area contributed by atoms with E-state index in [1.165, 1.54) is 0 Å². The Bertz CT molecular complexity index is 236. The van der Waals surface area contributed by atoms with Gasteiger partial charge in [0.15, 0.2) is 5.76 Å². The summed E-state index contributed by atoms with van der Waals surface area (Å²) in [5.41, 5.74) is 0. The van der Waals surface area contributed by atoms with Crippen LogP contribution in [0.4, 0.5) is 0 Å². The zero-order chi connectivity index (χ0) is 9.68. The van der Waals surface area contributed by atoms with E-state index in [2.05, 4.69) is 0 Å². The van der Waals surface area contributed by atoms with E-state index in [9.17, 15) is 4.79 Å². The van der Waals surface area contributed by atoms with E-state index < -0.39 is 0 Å². The number of rotatable bonds is 3. The molecule has 0 spiro atoms. The van der Waals surface area contributed by atoms with Crippen LogP contribution in [0.15, 0.2) is 24.0 Å². The highest BCUT2D eigenvalue weighted by atomic mass is 16.5. The van der Waals surface area contributed by atoms with Gasteiger partial charge in [-0.05, 0) is 30.9 Å². The van der Waals surface area contributed by atoms with Gasteiger partial charge in [-0.3, -0.25) is 4.79 Å². The van der Waals surface area contributed by atoms with Gasteiger partial charge in [-0.1, -0.05) is 19.9 Å². The molecule has 1 aliphatic rings. The molecule has 0 aromatic carbocycles. The number of carbonyl (C=O) groups excluding carboxylic acids is 1. The lowest BCUT2D eigenvalue weighted by molar-refractivity contribution is -0.114. The average molecular weight is 180 g/mol. The highest BCUT2D eigenvalue weighted by molar-refractivity contribution is 6.02. The van der Waals surface area contributed by atoms with Crippen LogP contribution in [0.25, 0.3) is 0 Å². The molecule has 13 heavy (non-hydrogen) atoms. The molecule has 1 rings (SSSR count). The third-order valence-electron chi connectivity index (χ3n) is 1.81. The van der Waals surface area contributed by atoms with Gasteiger partial charge < -0.3 is 4.74 Å². The van der Waals surface area contributed by atoms with E-state index in [0.717, 1.165) is 12.8 Å². The molecular weight excluding hydrogens is 164 g/mol. The van der Waals surface area contributed by atoms with E-state index in [1.54, 1.807) is 6.08 Å². The maximum Gasteiger partial charge on any atom is 0.219 e. The predicted molar refractivity (Wildman–Crippen MR) is 52.3 cm³/mol. The molecule has 0 aliphatic carbocycles. The first-order valence-corrected chi connectivity index (χ1v) is 4.75. The van der Waals surface area contributed by atoms with Crippen LogP contribution in [0, 0.1) is 5.92 Å². The third kappa shape index (κ3) is 3.45. The fraction of sp³-hybridized carbons (Fsp3) is 0.545. The van der Waals surface area contributed by atoms with Gasteiger partial charge in [0.1, 0.15) is 0 Å². The van der Waals surface area contributed by atoms with E-state index in [1.807, 2.05) is 26.0 Å². The number of hydrogen-bond acceptors (Lipinski definition) is 2. The monoisotopic (exact) mass is 180 g/mol. The van der Waals surface area contributed by atoms with Gasteiger partial charge in [-0.2, -0.15) is 0 Å². The molecule has 0 saturated heterocycles. The molecule has 0 unspecified atom stereocenters. The van der Waals surface area contributed by atoms with Crippen LogP contribution in [0.3, 0.4) is 0 Å². The molecule has 2 nitrogen and oxygen atoms in total. The summed E-state index contributed by atoms with van der Waals surface area (Å²) in [6.07, 6.45) is 7.33. The average Bonchev–Trinajstić information content (AvgIpc) is 2.15. The molecule has 0 saturated carbocycles. The Labute approximate surface area is 79.3 Å². The maximum absolute atomic E-state index is 11.4. The number of ether oxygens (including phenoxy) is 1. The summed E-state index contributed by atoms with van der Waals surface area (Å²) in [5.74, 6) is 0.921. The quantitative estimate of drug-likeness (QED) is 0.624. The molecule has 0 amide bonds. The molecule has 1 heterocycles. The molecule has 0 fully saturated rings. The topological polar surface area (TPSA) is 26.3 Å². The SMILES string of the molecule is CC(C)C=CC(=O)C1=CCCCO1. The molecule has 72 valence electrons. The van der Waals surface area contributed by atoms with Gasteiger partial charge in [0.25, 0.3) is 0 Å².